The molecule has 1 aromatic rings. The van der Waals surface area contributed by atoms with Crippen LogP contribution in [0, 0.1) is 11.3 Å². The van der Waals surface area contributed by atoms with Crippen molar-refractivity contribution in [2.75, 3.05) is 13.1 Å². The van der Waals surface area contributed by atoms with Crippen LogP contribution in [0.25, 0.3) is 0 Å². The predicted octanol–water partition coefficient (Wildman–Crippen LogP) is 1.37. The average molecular weight is 263 g/mol. The van der Waals surface area contributed by atoms with Crippen LogP contribution in [0.1, 0.15) is 18.9 Å². The summed E-state index contributed by atoms with van der Waals surface area (Å²) >= 11 is 0. The van der Waals surface area contributed by atoms with Crippen LogP contribution in [0.4, 0.5) is 0 Å². The van der Waals surface area contributed by atoms with Crippen molar-refractivity contribution in [3.8, 4) is 6.07 Å². The lowest BCUT2D eigenvalue weighted by molar-refractivity contribution is 0.452. The van der Waals surface area contributed by atoms with Crippen molar-refractivity contribution < 1.29 is 8.42 Å². The Morgan fingerprint density at radius 3 is 2.78 bits per heavy atom. The first-order valence-electron chi connectivity index (χ1n) is 5.66. The predicted molar refractivity (Wildman–Crippen MR) is 67.6 cm³/mol. The maximum Gasteiger partial charge on any atom is 0.285 e. The largest absolute Gasteiger partial charge is 0.355 e. The van der Waals surface area contributed by atoms with Crippen molar-refractivity contribution in [3.63, 3.8) is 0 Å². The minimum Gasteiger partial charge on any atom is -0.355 e. The van der Waals surface area contributed by atoms with Crippen LogP contribution >= 0.6 is 0 Å². The standard InChI is InChI=1S/C12H13N3O2S/c1-2-15(9-5-8-13)12-10-6-3-4-7-11(10)18(16,17)14-12/h3-4,6-7H,2,5,9H2,1H3. The zero-order valence-corrected chi connectivity index (χ0v) is 10.8. The van der Waals surface area contributed by atoms with E-state index in [0.29, 0.717) is 30.9 Å². The second-order valence-electron chi connectivity index (χ2n) is 3.87. The summed E-state index contributed by atoms with van der Waals surface area (Å²) in [6.07, 6.45) is 0.342. The summed E-state index contributed by atoms with van der Waals surface area (Å²) in [7, 11) is -3.57. The number of sulfonamides is 1. The Morgan fingerprint density at radius 1 is 1.39 bits per heavy atom. The lowest BCUT2D eigenvalue weighted by Crippen LogP contribution is -2.31. The summed E-state index contributed by atoms with van der Waals surface area (Å²) in [5.41, 5.74) is 0.622. The lowest BCUT2D eigenvalue weighted by Gasteiger charge is -2.21. The number of benzene rings is 1. The van der Waals surface area contributed by atoms with E-state index in [1.807, 2.05) is 11.8 Å². The quantitative estimate of drug-likeness (QED) is 0.825. The van der Waals surface area contributed by atoms with E-state index < -0.39 is 10.0 Å². The Bertz CT molecular complexity index is 629. The number of hydrogen-bond acceptors (Lipinski definition) is 4. The number of hydrogen-bond donors (Lipinski definition) is 0. The van der Waals surface area contributed by atoms with E-state index in [1.165, 1.54) is 0 Å². The Labute approximate surface area is 106 Å². The molecule has 1 aliphatic rings. The van der Waals surface area contributed by atoms with Gasteiger partial charge in [0.2, 0.25) is 0 Å². The Kier molecular flexibility index (Phi) is 3.34. The van der Waals surface area contributed by atoms with E-state index in [-0.39, 0.29) is 4.90 Å². The van der Waals surface area contributed by atoms with Crippen molar-refractivity contribution in [1.82, 2.24) is 4.90 Å². The molecule has 5 nitrogen and oxygen atoms in total. The van der Waals surface area contributed by atoms with Crippen LogP contribution in [-0.4, -0.2) is 32.2 Å². The number of amidine groups is 1. The van der Waals surface area contributed by atoms with Crippen LogP contribution in [0.15, 0.2) is 33.6 Å². The third-order valence-electron chi connectivity index (χ3n) is 2.79. The molecule has 0 saturated carbocycles. The van der Waals surface area contributed by atoms with Gasteiger partial charge < -0.3 is 4.90 Å². The van der Waals surface area contributed by atoms with Gasteiger partial charge in [0.15, 0.2) is 5.84 Å². The molecule has 0 atom stereocenters. The van der Waals surface area contributed by atoms with Crippen LogP contribution in [0.2, 0.25) is 0 Å². The zero-order valence-electron chi connectivity index (χ0n) is 10.00. The van der Waals surface area contributed by atoms with Gasteiger partial charge in [0.1, 0.15) is 4.90 Å². The minimum atomic E-state index is -3.57. The molecule has 0 amide bonds. The molecule has 18 heavy (non-hydrogen) atoms. The molecule has 1 aliphatic heterocycles. The van der Waals surface area contributed by atoms with Crippen molar-refractivity contribution >= 4 is 15.9 Å². The molecule has 0 bridgehead atoms. The van der Waals surface area contributed by atoms with Gasteiger partial charge in [-0.15, -0.1) is 4.40 Å². The van der Waals surface area contributed by atoms with E-state index in [2.05, 4.69) is 10.5 Å². The number of rotatable bonds is 3. The van der Waals surface area contributed by atoms with E-state index >= 15 is 0 Å². The Morgan fingerprint density at radius 2 is 2.11 bits per heavy atom. The highest BCUT2D eigenvalue weighted by Gasteiger charge is 2.30. The van der Waals surface area contributed by atoms with Gasteiger partial charge in [-0.3, -0.25) is 0 Å². The Balaban J connectivity index is 2.44. The summed E-state index contributed by atoms with van der Waals surface area (Å²) in [6.45, 7) is 3.01. The first kappa shape index (κ1) is 12.6. The molecule has 0 aromatic heterocycles. The third-order valence-corrected chi connectivity index (χ3v) is 4.11. The van der Waals surface area contributed by atoms with E-state index in [1.54, 1.807) is 24.3 Å². The topological polar surface area (TPSA) is 73.5 Å². The number of nitrogens with zero attached hydrogens (tertiary/aromatic N) is 3. The zero-order chi connectivity index (χ0) is 13.2. The van der Waals surface area contributed by atoms with Crippen molar-refractivity contribution in [3.05, 3.63) is 29.8 Å². The molecule has 0 fully saturated rings. The van der Waals surface area contributed by atoms with Gasteiger partial charge in [0, 0.05) is 18.7 Å². The first-order valence-corrected chi connectivity index (χ1v) is 7.10. The second kappa shape index (κ2) is 4.78. The fourth-order valence-corrected chi connectivity index (χ4v) is 3.14. The van der Waals surface area contributed by atoms with Gasteiger partial charge in [-0.1, -0.05) is 12.1 Å². The highest BCUT2D eigenvalue weighted by molar-refractivity contribution is 7.90. The SMILES string of the molecule is CCN(CCC#N)C1=NS(=O)(=O)c2ccccc21. The van der Waals surface area contributed by atoms with Crippen molar-refractivity contribution in [2.45, 2.75) is 18.2 Å². The van der Waals surface area contributed by atoms with Gasteiger partial charge >= 0.3 is 0 Å². The maximum atomic E-state index is 11.9. The highest BCUT2D eigenvalue weighted by Crippen LogP contribution is 2.27. The smallest absolute Gasteiger partial charge is 0.285 e. The van der Waals surface area contributed by atoms with Crippen LogP contribution in [0.3, 0.4) is 0 Å². The summed E-state index contributed by atoms with van der Waals surface area (Å²) in [5.74, 6) is 0.448. The van der Waals surface area contributed by atoms with E-state index in [0.717, 1.165) is 0 Å². The summed E-state index contributed by atoms with van der Waals surface area (Å²) in [6, 6.07) is 8.82. The molecule has 2 rings (SSSR count). The third kappa shape index (κ3) is 2.09. The number of fused-ring (bicyclic) bond motifs is 1. The maximum absolute atomic E-state index is 11.9. The van der Waals surface area contributed by atoms with Crippen molar-refractivity contribution in [2.24, 2.45) is 4.40 Å². The highest BCUT2D eigenvalue weighted by atomic mass is 32.2. The normalized spacial score (nSPS) is 15.7. The molecular formula is C12H13N3O2S. The second-order valence-corrected chi connectivity index (χ2v) is 5.45. The van der Waals surface area contributed by atoms with E-state index in [4.69, 9.17) is 5.26 Å². The Hall–Kier alpha value is -1.87. The van der Waals surface area contributed by atoms with E-state index in [9.17, 15) is 8.42 Å². The molecule has 0 saturated heterocycles. The van der Waals surface area contributed by atoms with Crippen molar-refractivity contribution in [1.29, 1.82) is 5.26 Å². The van der Waals surface area contributed by atoms with Gasteiger partial charge in [-0.05, 0) is 19.1 Å². The molecule has 6 heteroatoms. The molecule has 0 spiro atoms. The molecule has 0 aliphatic carbocycles. The molecule has 1 aromatic carbocycles. The first-order chi connectivity index (χ1) is 8.60. The van der Waals surface area contributed by atoms with Crippen LogP contribution < -0.4 is 0 Å². The van der Waals surface area contributed by atoms with Gasteiger partial charge in [-0.2, -0.15) is 13.7 Å². The molecule has 94 valence electrons. The lowest BCUT2D eigenvalue weighted by atomic mass is 10.2. The molecule has 0 N–H and O–H groups in total. The van der Waals surface area contributed by atoms with Crippen LogP contribution in [-0.2, 0) is 10.0 Å². The van der Waals surface area contributed by atoms with Gasteiger partial charge in [-0.25, -0.2) is 0 Å². The van der Waals surface area contributed by atoms with Gasteiger partial charge in [0.25, 0.3) is 10.0 Å². The fraction of sp³-hybridized carbons (Fsp3) is 0.333. The van der Waals surface area contributed by atoms with Gasteiger partial charge in [0.05, 0.1) is 12.5 Å². The summed E-state index contributed by atoms with van der Waals surface area (Å²) in [4.78, 5) is 2.06. The molecular weight excluding hydrogens is 250 g/mol. The number of nitriles is 1. The van der Waals surface area contributed by atoms with Crippen LogP contribution in [0.5, 0.6) is 0 Å². The molecule has 0 radical (unpaired) electrons. The summed E-state index contributed by atoms with van der Waals surface area (Å²) < 4.78 is 27.6. The minimum absolute atomic E-state index is 0.246. The molecule has 1 heterocycles. The summed E-state index contributed by atoms with van der Waals surface area (Å²) in [5, 5.41) is 8.62. The fourth-order valence-electron chi connectivity index (χ4n) is 1.92. The monoisotopic (exact) mass is 263 g/mol. The average Bonchev–Trinajstić information content (AvgIpc) is 2.64. The molecule has 0 unspecified atom stereocenters.